The van der Waals surface area contributed by atoms with Gasteiger partial charge < -0.3 is 20.1 Å². The first-order chi connectivity index (χ1) is 12.4. The van der Waals surface area contributed by atoms with E-state index in [-0.39, 0.29) is 24.2 Å². The smallest absolute Gasteiger partial charge is 0.317 e. The second kappa shape index (κ2) is 9.55. The van der Waals surface area contributed by atoms with E-state index in [4.69, 9.17) is 9.84 Å². The second-order valence-corrected chi connectivity index (χ2v) is 7.90. The minimum Gasteiger partial charge on any atom is -0.480 e. The molecule has 0 aromatic heterocycles. The number of carbonyl (C=O) groups excluding carboxylic acids is 1. The van der Waals surface area contributed by atoms with E-state index in [1.165, 1.54) is 0 Å². The SMILES string of the molecule is CCN(CC(=O)O)C1CCN(C(=O)NCC2(OC)CCC(C)CC2)CC1. The molecule has 7 nitrogen and oxygen atoms in total. The molecule has 0 aromatic carbocycles. The van der Waals surface area contributed by atoms with Crippen molar-refractivity contribution in [1.29, 1.82) is 0 Å². The number of aliphatic carboxylic acids is 1. The zero-order chi connectivity index (χ0) is 19.2. The number of methoxy groups -OCH3 is 1. The van der Waals surface area contributed by atoms with E-state index in [2.05, 4.69) is 12.2 Å². The Balaban J connectivity index is 1.78. The van der Waals surface area contributed by atoms with Gasteiger partial charge in [0.1, 0.15) is 0 Å². The second-order valence-electron chi connectivity index (χ2n) is 7.90. The van der Waals surface area contributed by atoms with E-state index in [1.54, 1.807) is 7.11 Å². The lowest BCUT2D eigenvalue weighted by Crippen LogP contribution is -2.53. The largest absolute Gasteiger partial charge is 0.480 e. The summed E-state index contributed by atoms with van der Waals surface area (Å²) in [4.78, 5) is 27.3. The molecule has 1 aliphatic carbocycles. The number of carbonyl (C=O) groups is 2. The highest BCUT2D eigenvalue weighted by molar-refractivity contribution is 5.74. The van der Waals surface area contributed by atoms with Gasteiger partial charge >= 0.3 is 12.0 Å². The number of ether oxygens (including phenoxy) is 1. The number of hydrogen-bond acceptors (Lipinski definition) is 4. The van der Waals surface area contributed by atoms with Crippen molar-refractivity contribution in [2.75, 3.05) is 39.8 Å². The van der Waals surface area contributed by atoms with Crippen molar-refractivity contribution in [3.8, 4) is 0 Å². The highest BCUT2D eigenvalue weighted by Gasteiger charge is 2.35. The van der Waals surface area contributed by atoms with Gasteiger partial charge in [0.2, 0.25) is 0 Å². The first-order valence-corrected chi connectivity index (χ1v) is 9.93. The maximum absolute atomic E-state index is 12.5. The quantitative estimate of drug-likeness (QED) is 0.719. The zero-order valence-electron chi connectivity index (χ0n) is 16.5. The minimum atomic E-state index is -0.793. The number of urea groups is 1. The van der Waals surface area contributed by atoms with Crippen LogP contribution in [0.25, 0.3) is 0 Å². The number of carboxylic acids is 1. The third-order valence-corrected chi connectivity index (χ3v) is 6.19. The van der Waals surface area contributed by atoms with Crippen LogP contribution in [0, 0.1) is 5.92 Å². The number of likely N-dealkylation sites (tertiary alicyclic amines) is 1. The average Bonchev–Trinajstić information content (AvgIpc) is 2.66. The molecule has 2 rings (SSSR count). The lowest BCUT2D eigenvalue weighted by Gasteiger charge is -2.40. The van der Waals surface area contributed by atoms with E-state index >= 15 is 0 Å². The van der Waals surface area contributed by atoms with E-state index in [9.17, 15) is 9.59 Å². The summed E-state index contributed by atoms with van der Waals surface area (Å²) in [7, 11) is 1.75. The highest BCUT2D eigenvalue weighted by Crippen LogP contribution is 2.33. The predicted octanol–water partition coefficient (Wildman–Crippen LogP) is 2.16. The van der Waals surface area contributed by atoms with Crippen LogP contribution in [0.1, 0.15) is 52.4 Å². The van der Waals surface area contributed by atoms with E-state index in [0.717, 1.165) is 51.0 Å². The topological polar surface area (TPSA) is 82.1 Å². The summed E-state index contributed by atoms with van der Waals surface area (Å²) in [6, 6.07) is 0.213. The highest BCUT2D eigenvalue weighted by atomic mass is 16.5. The fourth-order valence-corrected chi connectivity index (χ4v) is 4.20. The maximum atomic E-state index is 12.5. The molecule has 2 N–H and O–H groups in total. The van der Waals surface area contributed by atoms with Crippen molar-refractivity contribution < 1.29 is 19.4 Å². The third kappa shape index (κ3) is 5.58. The number of piperidine rings is 1. The fourth-order valence-electron chi connectivity index (χ4n) is 4.20. The predicted molar refractivity (Wildman–Crippen MR) is 100 cm³/mol. The van der Waals surface area contributed by atoms with Crippen molar-refractivity contribution in [2.45, 2.75) is 64.0 Å². The van der Waals surface area contributed by atoms with E-state index < -0.39 is 5.97 Å². The molecule has 1 saturated heterocycles. The van der Waals surface area contributed by atoms with Crippen molar-refractivity contribution in [3.05, 3.63) is 0 Å². The number of amides is 2. The summed E-state index contributed by atoms with van der Waals surface area (Å²) >= 11 is 0. The van der Waals surface area contributed by atoms with Crippen LogP contribution in [-0.2, 0) is 9.53 Å². The van der Waals surface area contributed by atoms with Crippen LogP contribution in [0.15, 0.2) is 0 Å². The van der Waals surface area contributed by atoms with Gasteiger partial charge in [-0.3, -0.25) is 9.69 Å². The van der Waals surface area contributed by atoms with Gasteiger partial charge in [0, 0.05) is 32.8 Å². The van der Waals surface area contributed by atoms with Crippen LogP contribution in [0.2, 0.25) is 0 Å². The fraction of sp³-hybridized carbons (Fsp3) is 0.895. The maximum Gasteiger partial charge on any atom is 0.317 e. The van der Waals surface area contributed by atoms with Crippen LogP contribution in [0.5, 0.6) is 0 Å². The van der Waals surface area contributed by atoms with Crippen LogP contribution < -0.4 is 5.32 Å². The molecule has 2 amide bonds. The Morgan fingerprint density at radius 2 is 1.85 bits per heavy atom. The Hall–Kier alpha value is -1.34. The Bertz CT molecular complexity index is 469. The lowest BCUT2D eigenvalue weighted by atomic mass is 9.79. The molecule has 0 atom stereocenters. The molecule has 1 aliphatic heterocycles. The monoisotopic (exact) mass is 369 g/mol. The van der Waals surface area contributed by atoms with E-state index in [0.29, 0.717) is 19.6 Å². The number of nitrogens with zero attached hydrogens (tertiary/aromatic N) is 2. The van der Waals surface area contributed by atoms with Crippen LogP contribution in [-0.4, -0.2) is 78.4 Å². The van der Waals surface area contributed by atoms with Crippen LogP contribution in [0.3, 0.4) is 0 Å². The molecule has 150 valence electrons. The number of carboxylic acid groups (broad SMARTS) is 1. The normalized spacial score (nSPS) is 27.5. The first kappa shape index (κ1) is 21.0. The number of rotatable bonds is 7. The summed E-state index contributed by atoms with van der Waals surface area (Å²) in [5, 5.41) is 12.1. The Kier molecular flexibility index (Phi) is 7.70. The average molecular weight is 370 g/mol. The van der Waals surface area contributed by atoms with Gasteiger partial charge in [-0.2, -0.15) is 0 Å². The molecule has 7 heteroatoms. The molecule has 0 unspecified atom stereocenters. The first-order valence-electron chi connectivity index (χ1n) is 9.93. The number of hydrogen-bond donors (Lipinski definition) is 2. The Morgan fingerprint density at radius 3 is 2.35 bits per heavy atom. The molecule has 0 aromatic rings. The summed E-state index contributed by atoms with van der Waals surface area (Å²) in [6.07, 6.45) is 5.92. The Morgan fingerprint density at radius 1 is 1.23 bits per heavy atom. The molecule has 0 bridgehead atoms. The zero-order valence-corrected chi connectivity index (χ0v) is 16.5. The number of likely N-dealkylation sites (N-methyl/N-ethyl adjacent to an activating group) is 1. The molecule has 2 fully saturated rings. The van der Waals surface area contributed by atoms with Gasteiger partial charge in [-0.25, -0.2) is 4.79 Å². The molecule has 0 spiro atoms. The molecule has 1 heterocycles. The minimum absolute atomic E-state index is 0.0280. The molecule has 2 aliphatic rings. The standard InChI is InChI=1S/C19H35N3O4/c1-4-21(13-17(23)24)16-7-11-22(12-8-16)18(25)20-14-19(26-3)9-5-15(2)6-10-19/h15-16H,4-14H2,1-3H3,(H,20,25)(H,23,24). The molecule has 1 saturated carbocycles. The van der Waals surface area contributed by atoms with Crippen molar-refractivity contribution in [1.82, 2.24) is 15.1 Å². The molecule has 26 heavy (non-hydrogen) atoms. The van der Waals surface area contributed by atoms with Gasteiger partial charge in [0.15, 0.2) is 0 Å². The van der Waals surface area contributed by atoms with Gasteiger partial charge in [-0.15, -0.1) is 0 Å². The van der Waals surface area contributed by atoms with Gasteiger partial charge in [-0.1, -0.05) is 13.8 Å². The van der Waals surface area contributed by atoms with Crippen molar-refractivity contribution >= 4 is 12.0 Å². The number of nitrogens with one attached hydrogen (secondary N) is 1. The summed E-state index contributed by atoms with van der Waals surface area (Å²) in [6.45, 7) is 6.95. The summed E-state index contributed by atoms with van der Waals surface area (Å²) in [5.74, 6) is -0.0565. The molecular formula is C19H35N3O4. The van der Waals surface area contributed by atoms with Crippen molar-refractivity contribution in [3.63, 3.8) is 0 Å². The molecular weight excluding hydrogens is 334 g/mol. The van der Waals surface area contributed by atoms with Gasteiger partial charge in [0.25, 0.3) is 0 Å². The van der Waals surface area contributed by atoms with Crippen molar-refractivity contribution in [2.24, 2.45) is 5.92 Å². The third-order valence-electron chi connectivity index (χ3n) is 6.19. The summed E-state index contributed by atoms with van der Waals surface area (Å²) in [5.41, 5.74) is -0.221. The van der Waals surface area contributed by atoms with Gasteiger partial charge in [0.05, 0.1) is 12.1 Å². The van der Waals surface area contributed by atoms with Crippen LogP contribution >= 0.6 is 0 Å². The summed E-state index contributed by atoms with van der Waals surface area (Å²) < 4.78 is 5.77. The Labute approximate surface area is 157 Å². The molecule has 0 radical (unpaired) electrons. The van der Waals surface area contributed by atoms with E-state index in [1.807, 2.05) is 16.7 Å². The van der Waals surface area contributed by atoms with Gasteiger partial charge in [-0.05, 0) is 51.0 Å². The lowest BCUT2D eigenvalue weighted by molar-refractivity contribution is -0.139. The van der Waals surface area contributed by atoms with Crippen LogP contribution in [0.4, 0.5) is 4.79 Å².